The van der Waals surface area contributed by atoms with Crippen LogP contribution in [0.5, 0.6) is 0 Å². The molecule has 0 atom stereocenters. The molecule has 1 aliphatic rings. The molecule has 0 saturated heterocycles. The second-order valence-electron chi connectivity index (χ2n) is 4.45. The summed E-state index contributed by atoms with van der Waals surface area (Å²) in [5, 5.41) is 4.01. The summed E-state index contributed by atoms with van der Waals surface area (Å²) in [6.07, 6.45) is 3.25. The Bertz CT molecular complexity index is 673. The van der Waals surface area contributed by atoms with E-state index in [9.17, 15) is 14.4 Å². The predicted octanol–water partition coefficient (Wildman–Crippen LogP) is 1.36. The lowest BCUT2D eigenvalue weighted by Gasteiger charge is -2.12. The van der Waals surface area contributed by atoms with Crippen molar-refractivity contribution in [2.45, 2.75) is 12.8 Å². The van der Waals surface area contributed by atoms with Gasteiger partial charge < -0.3 is 9.36 Å². The van der Waals surface area contributed by atoms with Crippen LogP contribution in [0.15, 0.2) is 41.2 Å². The van der Waals surface area contributed by atoms with Crippen LogP contribution >= 0.6 is 0 Å². The maximum atomic E-state index is 12.0. The van der Waals surface area contributed by atoms with E-state index in [1.54, 1.807) is 12.1 Å². The molecule has 0 bridgehead atoms. The number of amides is 2. The first-order valence-corrected chi connectivity index (χ1v) is 6.23. The Hall–Kier alpha value is -2.96. The van der Waals surface area contributed by atoms with Crippen LogP contribution < -0.4 is 0 Å². The number of imide groups is 1. The normalized spacial score (nSPS) is 13.4. The Morgan fingerprint density at radius 3 is 2.43 bits per heavy atom. The highest BCUT2D eigenvalue weighted by atomic mass is 16.7. The van der Waals surface area contributed by atoms with Crippen molar-refractivity contribution < 1.29 is 23.7 Å². The standard InChI is InChI=1S/C14H10N2O5/c17-12(6-5-9-7-15-20-8-9)21-16-13(18)10-3-1-2-4-11(10)14(16)19/h1-4,7-8H,5-6H2. The summed E-state index contributed by atoms with van der Waals surface area (Å²) in [5.41, 5.74) is 1.19. The van der Waals surface area contributed by atoms with E-state index in [4.69, 9.17) is 4.84 Å². The smallest absolute Gasteiger partial charge is 0.333 e. The van der Waals surface area contributed by atoms with Gasteiger partial charge in [-0.25, -0.2) is 4.79 Å². The zero-order chi connectivity index (χ0) is 14.8. The molecule has 3 rings (SSSR count). The highest BCUT2D eigenvalue weighted by Crippen LogP contribution is 2.22. The minimum Gasteiger partial charge on any atom is -0.364 e. The van der Waals surface area contributed by atoms with Crippen molar-refractivity contribution in [3.05, 3.63) is 53.4 Å². The van der Waals surface area contributed by atoms with Gasteiger partial charge in [-0.1, -0.05) is 22.4 Å². The number of carbonyl (C=O) groups excluding carboxylic acids is 3. The number of carbonyl (C=O) groups is 3. The van der Waals surface area contributed by atoms with Crippen molar-refractivity contribution in [2.75, 3.05) is 0 Å². The van der Waals surface area contributed by atoms with Crippen LogP contribution in [0.1, 0.15) is 32.7 Å². The summed E-state index contributed by atoms with van der Waals surface area (Å²) in [6, 6.07) is 6.31. The number of rotatable bonds is 4. The summed E-state index contributed by atoms with van der Waals surface area (Å²) in [4.78, 5) is 40.5. The van der Waals surface area contributed by atoms with Gasteiger partial charge in [0.1, 0.15) is 6.26 Å². The molecule has 2 heterocycles. The number of fused-ring (bicyclic) bond motifs is 1. The largest absolute Gasteiger partial charge is 0.364 e. The summed E-state index contributed by atoms with van der Waals surface area (Å²) < 4.78 is 4.64. The number of aryl methyl sites for hydroxylation is 1. The molecule has 1 aliphatic heterocycles. The molecule has 0 aliphatic carbocycles. The Morgan fingerprint density at radius 1 is 1.19 bits per heavy atom. The van der Waals surface area contributed by atoms with Gasteiger partial charge in [0.25, 0.3) is 11.8 Å². The average Bonchev–Trinajstić information content (AvgIpc) is 3.09. The van der Waals surface area contributed by atoms with E-state index in [-0.39, 0.29) is 17.5 Å². The molecule has 21 heavy (non-hydrogen) atoms. The highest BCUT2D eigenvalue weighted by molar-refractivity contribution is 6.20. The summed E-state index contributed by atoms with van der Waals surface area (Å²) in [6.45, 7) is 0. The fraction of sp³-hybridized carbons (Fsp3) is 0.143. The van der Waals surface area contributed by atoms with Gasteiger partial charge in [-0.15, -0.1) is 0 Å². The molecule has 0 radical (unpaired) electrons. The Labute approximate surface area is 119 Å². The van der Waals surface area contributed by atoms with Gasteiger partial charge in [0.15, 0.2) is 0 Å². The molecule has 2 amide bonds. The maximum Gasteiger partial charge on any atom is 0.333 e. The predicted molar refractivity (Wildman–Crippen MR) is 67.9 cm³/mol. The zero-order valence-corrected chi connectivity index (χ0v) is 10.8. The van der Waals surface area contributed by atoms with Crippen molar-refractivity contribution in [3.8, 4) is 0 Å². The third-order valence-corrected chi connectivity index (χ3v) is 3.05. The second kappa shape index (κ2) is 5.20. The van der Waals surface area contributed by atoms with Gasteiger partial charge in [0.05, 0.1) is 23.7 Å². The van der Waals surface area contributed by atoms with E-state index in [1.165, 1.54) is 24.6 Å². The maximum absolute atomic E-state index is 12.0. The number of hydrogen-bond acceptors (Lipinski definition) is 6. The van der Waals surface area contributed by atoms with E-state index in [0.29, 0.717) is 11.5 Å². The lowest BCUT2D eigenvalue weighted by Crippen LogP contribution is -2.32. The monoisotopic (exact) mass is 286 g/mol. The molecule has 106 valence electrons. The Balaban J connectivity index is 1.65. The lowest BCUT2D eigenvalue weighted by atomic mass is 10.1. The van der Waals surface area contributed by atoms with E-state index < -0.39 is 17.8 Å². The molecule has 0 fully saturated rings. The van der Waals surface area contributed by atoms with Gasteiger partial charge in [-0.2, -0.15) is 0 Å². The van der Waals surface area contributed by atoms with Crippen molar-refractivity contribution in [1.82, 2.24) is 10.2 Å². The van der Waals surface area contributed by atoms with Crippen molar-refractivity contribution in [2.24, 2.45) is 0 Å². The van der Waals surface area contributed by atoms with Crippen molar-refractivity contribution >= 4 is 17.8 Å². The highest BCUT2D eigenvalue weighted by Gasteiger charge is 2.38. The summed E-state index contributed by atoms with van der Waals surface area (Å²) in [7, 11) is 0. The molecular weight excluding hydrogens is 276 g/mol. The number of hydrogen-bond donors (Lipinski definition) is 0. The average molecular weight is 286 g/mol. The fourth-order valence-corrected chi connectivity index (χ4v) is 1.99. The van der Waals surface area contributed by atoms with Crippen LogP contribution in [0.3, 0.4) is 0 Å². The molecule has 7 heteroatoms. The molecule has 2 aromatic rings. The van der Waals surface area contributed by atoms with Crippen molar-refractivity contribution in [1.29, 1.82) is 0 Å². The molecule has 0 N–H and O–H groups in total. The molecule has 1 aromatic heterocycles. The third-order valence-electron chi connectivity index (χ3n) is 3.05. The quantitative estimate of drug-likeness (QED) is 0.788. The third kappa shape index (κ3) is 2.40. The van der Waals surface area contributed by atoms with Crippen LogP contribution in [0, 0.1) is 0 Å². The SMILES string of the molecule is O=C(CCc1cnoc1)ON1C(=O)c2ccccc2C1=O. The number of aromatic nitrogens is 1. The van der Waals surface area contributed by atoms with Crippen LogP contribution in [0.25, 0.3) is 0 Å². The summed E-state index contributed by atoms with van der Waals surface area (Å²) in [5.74, 6) is -1.94. The number of hydroxylamine groups is 2. The first-order valence-electron chi connectivity index (χ1n) is 6.23. The van der Waals surface area contributed by atoms with Crippen LogP contribution in [-0.2, 0) is 16.1 Å². The Morgan fingerprint density at radius 2 is 1.86 bits per heavy atom. The van der Waals surface area contributed by atoms with Crippen LogP contribution in [-0.4, -0.2) is 28.0 Å². The second-order valence-corrected chi connectivity index (χ2v) is 4.45. The van der Waals surface area contributed by atoms with Gasteiger partial charge in [-0.3, -0.25) is 9.59 Å². The van der Waals surface area contributed by atoms with Crippen LogP contribution in [0.2, 0.25) is 0 Å². The van der Waals surface area contributed by atoms with E-state index >= 15 is 0 Å². The summed E-state index contributed by atoms with van der Waals surface area (Å²) >= 11 is 0. The molecule has 0 spiro atoms. The van der Waals surface area contributed by atoms with E-state index in [1.807, 2.05) is 0 Å². The number of nitrogens with zero attached hydrogens (tertiary/aromatic N) is 2. The minimum absolute atomic E-state index is 0.00855. The molecule has 0 saturated carbocycles. The van der Waals surface area contributed by atoms with Gasteiger partial charge >= 0.3 is 5.97 Å². The fourth-order valence-electron chi connectivity index (χ4n) is 1.99. The Kier molecular flexibility index (Phi) is 3.23. The molecule has 7 nitrogen and oxygen atoms in total. The number of benzene rings is 1. The van der Waals surface area contributed by atoms with Gasteiger partial charge in [-0.05, 0) is 18.6 Å². The first-order chi connectivity index (χ1) is 10.2. The molecule has 0 unspecified atom stereocenters. The molecular formula is C14H10N2O5. The topological polar surface area (TPSA) is 89.7 Å². The first kappa shape index (κ1) is 13.0. The van der Waals surface area contributed by atoms with E-state index in [0.717, 1.165) is 5.56 Å². The lowest BCUT2D eigenvalue weighted by molar-refractivity contribution is -0.168. The van der Waals surface area contributed by atoms with Gasteiger partial charge in [0.2, 0.25) is 0 Å². The zero-order valence-electron chi connectivity index (χ0n) is 10.8. The van der Waals surface area contributed by atoms with Crippen molar-refractivity contribution in [3.63, 3.8) is 0 Å². The van der Waals surface area contributed by atoms with E-state index in [2.05, 4.69) is 9.68 Å². The van der Waals surface area contributed by atoms with Gasteiger partial charge in [0, 0.05) is 5.56 Å². The van der Waals surface area contributed by atoms with Crippen LogP contribution in [0.4, 0.5) is 0 Å². The molecule has 1 aromatic carbocycles. The minimum atomic E-state index is -0.675.